The Labute approximate surface area is 160 Å². The fourth-order valence-electron chi connectivity index (χ4n) is 3.28. The molecule has 0 radical (unpaired) electrons. The molecule has 1 aromatic heterocycles. The van der Waals surface area contributed by atoms with Crippen LogP contribution in [0.2, 0.25) is 0 Å². The van der Waals surface area contributed by atoms with Gasteiger partial charge >= 0.3 is 0 Å². The maximum Gasteiger partial charge on any atom is 0.254 e. The average molecular weight is 375 g/mol. The van der Waals surface area contributed by atoms with Crippen molar-refractivity contribution in [2.45, 2.75) is 6.92 Å². The second kappa shape index (κ2) is 6.77. The fraction of sp³-hybridized carbons (Fsp3) is 0.143. The molecule has 2 aromatic carbocycles. The van der Waals surface area contributed by atoms with Gasteiger partial charge in [-0.25, -0.2) is 0 Å². The van der Waals surface area contributed by atoms with Gasteiger partial charge in [-0.3, -0.25) is 14.4 Å². The van der Waals surface area contributed by atoms with Gasteiger partial charge in [-0.1, -0.05) is 35.5 Å². The first-order valence-corrected chi connectivity index (χ1v) is 8.71. The van der Waals surface area contributed by atoms with E-state index >= 15 is 0 Å². The van der Waals surface area contributed by atoms with E-state index in [-0.39, 0.29) is 18.2 Å². The Morgan fingerprint density at radius 1 is 1.04 bits per heavy atom. The molecule has 7 nitrogen and oxygen atoms in total. The van der Waals surface area contributed by atoms with E-state index in [1.165, 1.54) is 11.9 Å². The molecule has 0 saturated carbocycles. The normalized spacial score (nSPS) is 11.7. The highest BCUT2D eigenvalue weighted by atomic mass is 16.5. The molecule has 1 N–H and O–H groups in total. The molecule has 0 spiro atoms. The Bertz CT molecular complexity index is 1120. The lowest BCUT2D eigenvalue weighted by Gasteiger charge is -2.16. The molecule has 3 aromatic rings. The van der Waals surface area contributed by atoms with E-state index in [1.54, 1.807) is 37.3 Å². The third-order valence-corrected chi connectivity index (χ3v) is 4.60. The number of hydrogen-bond acceptors (Lipinski definition) is 5. The number of hydrogen-bond donors (Lipinski definition) is 1. The molecule has 1 aliphatic carbocycles. The van der Waals surface area contributed by atoms with Crippen molar-refractivity contribution in [3.8, 4) is 11.1 Å². The number of amides is 2. The van der Waals surface area contributed by atoms with Crippen LogP contribution in [0.15, 0.2) is 53.1 Å². The number of rotatable bonds is 4. The first kappa shape index (κ1) is 17.7. The maximum absolute atomic E-state index is 12.7. The molecule has 0 aliphatic heterocycles. The number of ketones is 1. The van der Waals surface area contributed by atoms with E-state index in [9.17, 15) is 14.4 Å². The van der Waals surface area contributed by atoms with Gasteiger partial charge in [0, 0.05) is 29.8 Å². The predicted octanol–water partition coefficient (Wildman–Crippen LogP) is 2.91. The van der Waals surface area contributed by atoms with Crippen LogP contribution in [0.25, 0.3) is 11.1 Å². The van der Waals surface area contributed by atoms with E-state index in [0.29, 0.717) is 28.3 Å². The summed E-state index contributed by atoms with van der Waals surface area (Å²) in [6.07, 6.45) is 0. The number of carbonyl (C=O) groups excluding carboxylic acids is 3. The Morgan fingerprint density at radius 2 is 1.75 bits per heavy atom. The summed E-state index contributed by atoms with van der Waals surface area (Å²) in [5.74, 6) is 0.0293. The molecule has 7 heteroatoms. The highest BCUT2D eigenvalue weighted by Crippen LogP contribution is 2.36. The summed E-state index contributed by atoms with van der Waals surface area (Å²) in [5, 5.41) is 6.25. The summed E-state index contributed by atoms with van der Waals surface area (Å²) in [5.41, 5.74) is 3.18. The molecule has 0 saturated heterocycles. The van der Waals surface area contributed by atoms with Crippen LogP contribution in [0, 0.1) is 6.92 Å². The summed E-state index contributed by atoms with van der Waals surface area (Å²) < 4.78 is 4.89. The molecule has 0 fully saturated rings. The third-order valence-electron chi connectivity index (χ3n) is 4.60. The topological polar surface area (TPSA) is 92.5 Å². The minimum Gasteiger partial charge on any atom is -0.360 e. The number of nitrogens with zero attached hydrogens (tertiary/aromatic N) is 2. The van der Waals surface area contributed by atoms with Crippen LogP contribution in [0.5, 0.6) is 0 Å². The number of benzene rings is 2. The van der Waals surface area contributed by atoms with E-state index in [2.05, 4.69) is 10.5 Å². The van der Waals surface area contributed by atoms with E-state index in [0.717, 1.165) is 11.1 Å². The lowest BCUT2D eigenvalue weighted by atomic mass is 10.0. The van der Waals surface area contributed by atoms with Crippen LogP contribution < -0.4 is 5.32 Å². The number of carbonyl (C=O) groups is 3. The van der Waals surface area contributed by atoms with Gasteiger partial charge in [-0.15, -0.1) is 0 Å². The third kappa shape index (κ3) is 3.07. The summed E-state index contributed by atoms with van der Waals surface area (Å²) in [6, 6.07) is 14.0. The van der Waals surface area contributed by atoms with Crippen molar-refractivity contribution in [1.82, 2.24) is 10.1 Å². The Morgan fingerprint density at radius 3 is 2.46 bits per heavy atom. The number of likely N-dealkylation sites (N-methyl/N-ethyl adjacent to an activating group) is 1. The average Bonchev–Trinajstić information content (AvgIpc) is 3.22. The molecule has 1 aliphatic rings. The number of nitrogens with one attached hydrogen (secondary N) is 1. The number of aryl methyl sites for hydroxylation is 1. The molecule has 2 amide bonds. The summed E-state index contributed by atoms with van der Waals surface area (Å²) in [4.78, 5) is 38.7. The van der Waals surface area contributed by atoms with Gasteiger partial charge in [0.15, 0.2) is 11.6 Å². The van der Waals surface area contributed by atoms with Gasteiger partial charge in [0.05, 0.1) is 6.54 Å². The fourth-order valence-corrected chi connectivity index (χ4v) is 3.28. The lowest BCUT2D eigenvalue weighted by molar-refractivity contribution is -0.116. The second-order valence-electron chi connectivity index (χ2n) is 6.67. The molecular formula is C21H17N3O4. The SMILES string of the molecule is Cc1cc(NC(=O)CN(C)C(=O)c2ccc3c(c2)C(=O)c2ccccc2-3)no1. The zero-order valence-electron chi connectivity index (χ0n) is 15.4. The highest BCUT2D eigenvalue weighted by Gasteiger charge is 2.27. The number of anilines is 1. The molecule has 0 unspecified atom stereocenters. The van der Waals surface area contributed by atoms with Crippen LogP contribution in [-0.2, 0) is 4.79 Å². The molecule has 140 valence electrons. The molecule has 4 rings (SSSR count). The number of fused-ring (bicyclic) bond motifs is 3. The van der Waals surface area contributed by atoms with Gasteiger partial charge in [0.2, 0.25) is 5.91 Å². The highest BCUT2D eigenvalue weighted by molar-refractivity contribution is 6.22. The minimum absolute atomic E-state index is 0.0953. The van der Waals surface area contributed by atoms with Crippen molar-refractivity contribution >= 4 is 23.4 Å². The summed E-state index contributed by atoms with van der Waals surface area (Å²) in [7, 11) is 1.53. The van der Waals surface area contributed by atoms with Crippen LogP contribution in [0.1, 0.15) is 32.0 Å². The second-order valence-corrected chi connectivity index (χ2v) is 6.67. The van der Waals surface area contributed by atoms with Gasteiger partial charge in [-0.05, 0) is 30.2 Å². The molecule has 0 atom stereocenters. The minimum atomic E-state index is -0.395. The zero-order valence-corrected chi connectivity index (χ0v) is 15.4. The van der Waals surface area contributed by atoms with Crippen LogP contribution in [-0.4, -0.2) is 41.2 Å². The smallest absolute Gasteiger partial charge is 0.254 e. The van der Waals surface area contributed by atoms with Crippen molar-refractivity contribution in [3.63, 3.8) is 0 Å². The van der Waals surface area contributed by atoms with E-state index in [4.69, 9.17) is 4.52 Å². The molecule has 1 heterocycles. The molecule has 0 bridgehead atoms. The van der Waals surface area contributed by atoms with Crippen molar-refractivity contribution in [1.29, 1.82) is 0 Å². The molecule has 28 heavy (non-hydrogen) atoms. The number of aromatic nitrogens is 1. The van der Waals surface area contributed by atoms with E-state index in [1.807, 2.05) is 18.2 Å². The Hall–Kier alpha value is -3.74. The zero-order chi connectivity index (χ0) is 19.8. The van der Waals surface area contributed by atoms with E-state index < -0.39 is 5.91 Å². The summed E-state index contributed by atoms with van der Waals surface area (Å²) >= 11 is 0. The van der Waals surface area contributed by atoms with Crippen LogP contribution in [0.3, 0.4) is 0 Å². The monoisotopic (exact) mass is 375 g/mol. The van der Waals surface area contributed by atoms with Crippen LogP contribution in [0.4, 0.5) is 5.82 Å². The van der Waals surface area contributed by atoms with Crippen molar-refractivity contribution in [2.75, 3.05) is 18.9 Å². The largest absolute Gasteiger partial charge is 0.360 e. The van der Waals surface area contributed by atoms with Gasteiger partial charge in [0.1, 0.15) is 5.76 Å². The summed E-state index contributed by atoms with van der Waals surface area (Å²) in [6.45, 7) is 1.56. The first-order chi connectivity index (χ1) is 13.4. The lowest BCUT2D eigenvalue weighted by Crippen LogP contribution is -2.35. The van der Waals surface area contributed by atoms with Gasteiger partial charge in [0.25, 0.3) is 5.91 Å². The predicted molar refractivity (Wildman–Crippen MR) is 102 cm³/mol. The van der Waals surface area contributed by atoms with Crippen molar-refractivity contribution in [2.24, 2.45) is 0 Å². The molecular weight excluding hydrogens is 358 g/mol. The quantitative estimate of drug-likeness (QED) is 0.592. The van der Waals surface area contributed by atoms with Crippen molar-refractivity contribution < 1.29 is 18.9 Å². The van der Waals surface area contributed by atoms with Gasteiger partial charge < -0.3 is 14.7 Å². The van der Waals surface area contributed by atoms with Crippen molar-refractivity contribution in [3.05, 3.63) is 71.0 Å². The van der Waals surface area contributed by atoms with Gasteiger partial charge in [-0.2, -0.15) is 0 Å². The Kier molecular flexibility index (Phi) is 4.27. The standard InChI is InChI=1S/C21H17N3O4/c1-12-9-18(23-28-12)22-19(25)11-24(2)21(27)13-7-8-15-14-5-3-4-6-16(14)20(26)17(15)10-13/h3-10H,11H2,1-2H3,(H,22,23,25). The Balaban J connectivity index is 1.49. The first-order valence-electron chi connectivity index (χ1n) is 8.71. The maximum atomic E-state index is 12.7. The van der Waals surface area contributed by atoms with Crippen LogP contribution >= 0.6 is 0 Å².